The largest absolute Gasteiger partial charge is 0.454 e. The predicted molar refractivity (Wildman–Crippen MR) is 247 cm³/mol. The number of nitrogens with zero attached hydrogens (tertiary/aromatic N) is 1. The van der Waals surface area contributed by atoms with Gasteiger partial charge in [-0.15, -0.1) is 0 Å². The van der Waals surface area contributed by atoms with Crippen LogP contribution in [0.25, 0.3) is 66.1 Å². The Labute approximate surface area is 346 Å². The van der Waals surface area contributed by atoms with E-state index in [1.807, 2.05) is 0 Å². The standard InChI is InChI=1S/C57H47NO/c1-36-31-38-33-37(2)57(42(32-36)34-38)51-21-8-6-15-46(51)50-35-41(27-30-52(50)57)44-17-10-19-47-45(44)18-11-22-53(47)58(43-28-25-40(26-29-43)39-13-4-3-5-14-39)54-23-12-20-49-48-16-7-9-24-55(48)59-56(49)54/h3-30,35-38,42H,31-34H2,1-2H3. The molecule has 0 amide bonds. The summed E-state index contributed by atoms with van der Waals surface area (Å²) in [5.74, 6) is 2.97. The topological polar surface area (TPSA) is 16.4 Å². The molecule has 9 aromatic rings. The van der Waals surface area contributed by atoms with Crippen LogP contribution >= 0.6 is 0 Å². The molecular weight excluding hydrogens is 715 g/mol. The lowest BCUT2D eigenvalue weighted by molar-refractivity contribution is 0.0426. The average molecular weight is 762 g/mol. The Bertz CT molecular complexity index is 3060. The van der Waals surface area contributed by atoms with E-state index >= 15 is 0 Å². The molecule has 1 spiro atoms. The van der Waals surface area contributed by atoms with E-state index in [1.165, 1.54) is 69.8 Å². The molecule has 5 unspecified atom stereocenters. The molecule has 12 rings (SSSR count). The maximum Gasteiger partial charge on any atom is 0.159 e. The number of fused-ring (bicyclic) bond motifs is 12. The maximum atomic E-state index is 6.72. The molecule has 2 bridgehead atoms. The second-order valence-electron chi connectivity index (χ2n) is 17.9. The molecule has 286 valence electrons. The van der Waals surface area contributed by atoms with Crippen molar-refractivity contribution in [2.45, 2.75) is 44.9 Å². The fourth-order valence-electron chi connectivity index (χ4n) is 12.4. The lowest BCUT2D eigenvalue weighted by Crippen LogP contribution is -2.49. The van der Waals surface area contributed by atoms with Gasteiger partial charge in [0.2, 0.25) is 0 Å². The number of hydrogen-bond acceptors (Lipinski definition) is 2. The molecule has 59 heavy (non-hydrogen) atoms. The van der Waals surface area contributed by atoms with Gasteiger partial charge in [-0.05, 0) is 136 Å². The van der Waals surface area contributed by atoms with Crippen molar-refractivity contribution in [1.29, 1.82) is 0 Å². The molecule has 2 saturated carbocycles. The SMILES string of the molecule is CC1CC2CC(C)C3(c4ccccc4-c4cc(-c5cccc6c(N(c7ccc(-c8ccccc8)cc7)c7cccc8c7oc7ccccc78)cccc56)ccc43)C(C1)C2. The van der Waals surface area contributed by atoms with Crippen LogP contribution in [0.5, 0.6) is 0 Å². The molecule has 3 aliphatic rings. The first kappa shape index (κ1) is 34.6. The van der Waals surface area contributed by atoms with Crippen LogP contribution in [-0.2, 0) is 5.41 Å². The van der Waals surface area contributed by atoms with Gasteiger partial charge in [0, 0.05) is 27.3 Å². The van der Waals surface area contributed by atoms with Gasteiger partial charge in [-0.25, -0.2) is 0 Å². The number of benzene rings is 8. The van der Waals surface area contributed by atoms with Crippen LogP contribution in [0.15, 0.2) is 180 Å². The summed E-state index contributed by atoms with van der Waals surface area (Å²) >= 11 is 0. The summed E-state index contributed by atoms with van der Waals surface area (Å²) in [6, 6.07) is 65.1. The highest BCUT2D eigenvalue weighted by atomic mass is 16.3. The fraction of sp³-hybridized carbons (Fsp3) is 0.193. The maximum absolute atomic E-state index is 6.72. The number of rotatable bonds is 5. The molecule has 1 aromatic heterocycles. The Morgan fingerprint density at radius 3 is 2.02 bits per heavy atom. The molecule has 0 saturated heterocycles. The third kappa shape index (κ3) is 5.18. The Balaban J connectivity index is 1.03. The van der Waals surface area contributed by atoms with E-state index in [2.05, 4.69) is 195 Å². The Morgan fingerprint density at radius 2 is 1.14 bits per heavy atom. The van der Waals surface area contributed by atoms with Gasteiger partial charge in [0.05, 0.1) is 11.4 Å². The molecule has 5 atom stereocenters. The number of para-hydroxylation sites is 2. The van der Waals surface area contributed by atoms with Crippen molar-refractivity contribution < 1.29 is 4.42 Å². The minimum Gasteiger partial charge on any atom is -0.454 e. The Morgan fingerprint density at radius 1 is 0.475 bits per heavy atom. The first-order chi connectivity index (χ1) is 29.1. The molecule has 2 nitrogen and oxygen atoms in total. The second-order valence-corrected chi connectivity index (χ2v) is 17.9. The van der Waals surface area contributed by atoms with E-state index in [9.17, 15) is 0 Å². The monoisotopic (exact) mass is 761 g/mol. The molecule has 2 heteroatoms. The molecule has 8 aromatic carbocycles. The second kappa shape index (κ2) is 13.3. The summed E-state index contributed by atoms with van der Waals surface area (Å²) in [5, 5.41) is 4.69. The van der Waals surface area contributed by atoms with E-state index in [-0.39, 0.29) is 5.41 Å². The smallest absolute Gasteiger partial charge is 0.159 e. The molecule has 3 aliphatic carbocycles. The predicted octanol–water partition coefficient (Wildman–Crippen LogP) is 15.9. The zero-order valence-corrected chi connectivity index (χ0v) is 33.7. The van der Waals surface area contributed by atoms with Gasteiger partial charge in [-0.3, -0.25) is 0 Å². The first-order valence-corrected chi connectivity index (χ1v) is 21.7. The molecule has 0 radical (unpaired) electrons. The van der Waals surface area contributed by atoms with Gasteiger partial charge in [0.25, 0.3) is 0 Å². The summed E-state index contributed by atoms with van der Waals surface area (Å²) in [4.78, 5) is 2.40. The highest BCUT2D eigenvalue weighted by molar-refractivity contribution is 6.12. The van der Waals surface area contributed by atoms with Crippen molar-refractivity contribution >= 4 is 49.8 Å². The lowest BCUT2D eigenvalue weighted by atomic mass is 9.49. The van der Waals surface area contributed by atoms with E-state index in [1.54, 1.807) is 11.1 Å². The van der Waals surface area contributed by atoms with Crippen LogP contribution in [0.1, 0.15) is 50.7 Å². The van der Waals surface area contributed by atoms with Crippen molar-refractivity contribution in [3.05, 3.63) is 187 Å². The highest BCUT2D eigenvalue weighted by Gasteiger charge is 2.56. The van der Waals surface area contributed by atoms with E-state index in [0.717, 1.165) is 50.8 Å². The normalized spacial score (nSPS) is 21.9. The van der Waals surface area contributed by atoms with Crippen LogP contribution < -0.4 is 4.90 Å². The summed E-state index contributed by atoms with van der Waals surface area (Å²) in [7, 11) is 0. The average Bonchev–Trinajstić information content (AvgIpc) is 3.80. The summed E-state index contributed by atoms with van der Waals surface area (Å²) < 4.78 is 6.72. The van der Waals surface area contributed by atoms with Crippen LogP contribution in [0, 0.1) is 23.7 Å². The first-order valence-electron chi connectivity index (χ1n) is 21.7. The van der Waals surface area contributed by atoms with Crippen LogP contribution in [0.2, 0.25) is 0 Å². The van der Waals surface area contributed by atoms with Crippen LogP contribution in [0.4, 0.5) is 17.1 Å². The summed E-state index contributed by atoms with van der Waals surface area (Å²) in [6.45, 7) is 5.06. The van der Waals surface area contributed by atoms with Crippen molar-refractivity contribution in [2.75, 3.05) is 4.90 Å². The summed E-state index contributed by atoms with van der Waals surface area (Å²) in [6.07, 6.45) is 5.42. The van der Waals surface area contributed by atoms with Gasteiger partial charge in [-0.2, -0.15) is 0 Å². The van der Waals surface area contributed by atoms with Gasteiger partial charge in [-0.1, -0.05) is 153 Å². The van der Waals surface area contributed by atoms with Crippen molar-refractivity contribution in [1.82, 2.24) is 0 Å². The van der Waals surface area contributed by atoms with E-state index in [0.29, 0.717) is 11.8 Å². The molecule has 1 heterocycles. The lowest BCUT2D eigenvalue weighted by Gasteiger charge is -2.54. The zero-order chi connectivity index (χ0) is 39.2. The molecule has 0 N–H and O–H groups in total. The van der Waals surface area contributed by atoms with Gasteiger partial charge in [0.1, 0.15) is 5.58 Å². The molecule has 2 fully saturated rings. The Hall–Kier alpha value is -6.38. The number of furan rings is 1. The van der Waals surface area contributed by atoms with Crippen molar-refractivity contribution in [2.24, 2.45) is 23.7 Å². The number of hydrogen-bond donors (Lipinski definition) is 0. The molecule has 0 aliphatic heterocycles. The van der Waals surface area contributed by atoms with E-state index < -0.39 is 0 Å². The van der Waals surface area contributed by atoms with Crippen molar-refractivity contribution in [3.8, 4) is 33.4 Å². The third-order valence-electron chi connectivity index (χ3n) is 14.6. The van der Waals surface area contributed by atoms with Crippen LogP contribution in [0.3, 0.4) is 0 Å². The zero-order valence-electron chi connectivity index (χ0n) is 33.7. The van der Waals surface area contributed by atoms with Gasteiger partial charge >= 0.3 is 0 Å². The van der Waals surface area contributed by atoms with Crippen LogP contribution in [-0.4, -0.2) is 0 Å². The summed E-state index contributed by atoms with van der Waals surface area (Å²) in [5.41, 5.74) is 16.0. The molecular formula is C57H47NO. The minimum absolute atomic E-state index is 0.0931. The van der Waals surface area contributed by atoms with E-state index in [4.69, 9.17) is 4.42 Å². The van der Waals surface area contributed by atoms with Gasteiger partial charge in [0.15, 0.2) is 5.58 Å². The highest BCUT2D eigenvalue weighted by Crippen LogP contribution is 2.64. The minimum atomic E-state index is 0.0931. The number of anilines is 3. The Kier molecular flexibility index (Phi) is 7.83. The fourth-order valence-corrected chi connectivity index (χ4v) is 12.4. The van der Waals surface area contributed by atoms with Crippen molar-refractivity contribution in [3.63, 3.8) is 0 Å². The third-order valence-corrected chi connectivity index (χ3v) is 14.6. The quantitative estimate of drug-likeness (QED) is 0.174. The van der Waals surface area contributed by atoms with Gasteiger partial charge < -0.3 is 9.32 Å².